The predicted molar refractivity (Wildman–Crippen MR) is 101 cm³/mol. The molecule has 0 spiro atoms. The smallest absolute Gasteiger partial charge is 0.341 e. The number of methoxy groups -OCH3 is 1. The summed E-state index contributed by atoms with van der Waals surface area (Å²) in [4.78, 5) is 22.6. The molecule has 7 heteroatoms. The Morgan fingerprint density at radius 2 is 1.67 bits per heavy atom. The van der Waals surface area contributed by atoms with Crippen LogP contribution < -0.4 is 19.5 Å². The lowest BCUT2D eigenvalue weighted by Gasteiger charge is -2.11. The maximum atomic E-state index is 12.1. The van der Waals surface area contributed by atoms with Gasteiger partial charge in [-0.1, -0.05) is 0 Å². The number of carboxylic acid groups (broad SMARTS) is 1. The highest BCUT2D eigenvalue weighted by Gasteiger charge is 2.07. The number of aryl methyl sites for hydroxylation is 1. The van der Waals surface area contributed by atoms with Gasteiger partial charge >= 0.3 is 5.97 Å². The molecule has 0 aliphatic carbocycles. The van der Waals surface area contributed by atoms with Crippen LogP contribution in [0.3, 0.4) is 0 Å². The van der Waals surface area contributed by atoms with E-state index in [0.29, 0.717) is 30.9 Å². The van der Waals surface area contributed by atoms with E-state index in [4.69, 9.17) is 19.3 Å². The lowest BCUT2D eigenvalue weighted by atomic mass is 10.2. The Labute approximate surface area is 157 Å². The molecule has 0 saturated heterocycles. The summed E-state index contributed by atoms with van der Waals surface area (Å²) in [6.45, 7) is 1.84. The number of nitrogens with one attached hydrogen (secondary N) is 1. The number of aliphatic carboxylic acids is 1. The van der Waals surface area contributed by atoms with Crippen molar-refractivity contribution in [3.8, 4) is 17.2 Å². The lowest BCUT2D eigenvalue weighted by Crippen LogP contribution is -2.14. The van der Waals surface area contributed by atoms with Crippen LogP contribution in [0.4, 0.5) is 5.69 Å². The molecule has 1 amide bonds. The van der Waals surface area contributed by atoms with Crippen LogP contribution in [-0.2, 0) is 9.59 Å². The quantitative estimate of drug-likeness (QED) is 0.621. The van der Waals surface area contributed by atoms with Crippen molar-refractivity contribution >= 4 is 17.6 Å². The van der Waals surface area contributed by atoms with Crippen molar-refractivity contribution in [3.05, 3.63) is 48.0 Å². The zero-order valence-electron chi connectivity index (χ0n) is 15.4. The first kappa shape index (κ1) is 20.1. The lowest BCUT2D eigenvalue weighted by molar-refractivity contribution is -0.139. The Bertz CT molecular complexity index is 773. The fourth-order valence-corrected chi connectivity index (χ4v) is 2.32. The molecule has 0 radical (unpaired) electrons. The average molecular weight is 373 g/mol. The van der Waals surface area contributed by atoms with Gasteiger partial charge in [0.15, 0.2) is 6.61 Å². The van der Waals surface area contributed by atoms with E-state index in [0.717, 1.165) is 17.1 Å². The molecule has 0 atom stereocenters. The molecule has 2 aromatic carbocycles. The fourth-order valence-electron chi connectivity index (χ4n) is 2.32. The maximum Gasteiger partial charge on any atom is 0.341 e. The van der Waals surface area contributed by atoms with Crippen LogP contribution in [0, 0.1) is 6.92 Å². The highest BCUT2D eigenvalue weighted by Crippen LogP contribution is 2.22. The van der Waals surface area contributed by atoms with Gasteiger partial charge in [0.2, 0.25) is 5.91 Å². The van der Waals surface area contributed by atoms with E-state index in [1.807, 2.05) is 31.2 Å². The molecule has 2 rings (SSSR count). The largest absolute Gasteiger partial charge is 0.497 e. The van der Waals surface area contributed by atoms with Gasteiger partial charge in [-0.2, -0.15) is 0 Å². The van der Waals surface area contributed by atoms with Gasteiger partial charge in [-0.15, -0.1) is 0 Å². The summed E-state index contributed by atoms with van der Waals surface area (Å²) in [5.41, 5.74) is 1.46. The van der Waals surface area contributed by atoms with Gasteiger partial charge in [0.05, 0.1) is 13.7 Å². The molecule has 0 bridgehead atoms. The minimum absolute atomic E-state index is 0.115. The minimum Gasteiger partial charge on any atom is -0.497 e. The summed E-state index contributed by atoms with van der Waals surface area (Å²) >= 11 is 0. The third kappa shape index (κ3) is 6.89. The molecule has 0 aliphatic heterocycles. The van der Waals surface area contributed by atoms with Crippen LogP contribution >= 0.6 is 0 Å². The zero-order valence-corrected chi connectivity index (χ0v) is 15.4. The van der Waals surface area contributed by atoms with Gasteiger partial charge < -0.3 is 24.6 Å². The van der Waals surface area contributed by atoms with Crippen molar-refractivity contribution in [2.24, 2.45) is 0 Å². The molecule has 27 heavy (non-hydrogen) atoms. The van der Waals surface area contributed by atoms with E-state index in [1.165, 1.54) is 0 Å². The van der Waals surface area contributed by atoms with Crippen LogP contribution in [0.1, 0.15) is 18.4 Å². The minimum atomic E-state index is -1.04. The van der Waals surface area contributed by atoms with Crippen LogP contribution in [0.25, 0.3) is 0 Å². The van der Waals surface area contributed by atoms with Gasteiger partial charge in [0, 0.05) is 12.1 Å². The van der Waals surface area contributed by atoms with Crippen LogP contribution in [0.2, 0.25) is 0 Å². The van der Waals surface area contributed by atoms with Crippen molar-refractivity contribution in [2.45, 2.75) is 19.8 Å². The predicted octanol–water partition coefficient (Wildman–Crippen LogP) is 3.26. The molecule has 0 unspecified atom stereocenters. The molecule has 0 aliphatic rings. The number of benzene rings is 2. The topological polar surface area (TPSA) is 94.1 Å². The Morgan fingerprint density at radius 1 is 1.00 bits per heavy atom. The number of hydrogen-bond donors (Lipinski definition) is 2. The van der Waals surface area contributed by atoms with Gasteiger partial charge in [-0.05, 0) is 61.4 Å². The molecule has 2 aromatic rings. The summed E-state index contributed by atoms with van der Waals surface area (Å²) in [7, 11) is 1.60. The second-order valence-corrected chi connectivity index (χ2v) is 5.83. The monoisotopic (exact) mass is 373 g/mol. The van der Waals surface area contributed by atoms with Crippen LogP contribution in [-0.4, -0.2) is 37.3 Å². The first-order valence-corrected chi connectivity index (χ1v) is 8.50. The molecule has 7 nitrogen and oxygen atoms in total. The van der Waals surface area contributed by atoms with Crippen LogP contribution in [0.15, 0.2) is 42.5 Å². The number of carboxylic acids is 1. The first-order chi connectivity index (χ1) is 13.0. The summed E-state index contributed by atoms with van der Waals surface area (Å²) in [5, 5.41) is 11.5. The SMILES string of the molecule is COc1ccc(OCCCC(=O)Nc2ccc(OCC(=O)O)cc2C)cc1. The van der Waals surface area contributed by atoms with Crippen molar-refractivity contribution in [1.29, 1.82) is 0 Å². The van der Waals surface area contributed by atoms with Crippen molar-refractivity contribution in [1.82, 2.24) is 0 Å². The van der Waals surface area contributed by atoms with Crippen molar-refractivity contribution in [2.75, 3.05) is 25.6 Å². The van der Waals surface area contributed by atoms with Crippen LogP contribution in [0.5, 0.6) is 17.2 Å². The zero-order chi connectivity index (χ0) is 19.6. The molecule has 0 aromatic heterocycles. The second-order valence-electron chi connectivity index (χ2n) is 5.83. The standard InChI is InChI=1S/C20H23NO6/c1-14-12-17(27-13-20(23)24)9-10-18(14)21-19(22)4-3-11-26-16-7-5-15(25-2)6-8-16/h5-10,12H,3-4,11,13H2,1-2H3,(H,21,22)(H,23,24). The molecule has 2 N–H and O–H groups in total. The number of amides is 1. The Kier molecular flexibility index (Phi) is 7.49. The van der Waals surface area contributed by atoms with Gasteiger partial charge in [0.1, 0.15) is 17.2 Å². The number of carbonyl (C=O) groups excluding carboxylic acids is 1. The number of carbonyl (C=O) groups is 2. The molecule has 0 fully saturated rings. The molecular formula is C20H23NO6. The Morgan fingerprint density at radius 3 is 2.30 bits per heavy atom. The van der Waals surface area contributed by atoms with E-state index in [2.05, 4.69) is 5.32 Å². The fraction of sp³-hybridized carbons (Fsp3) is 0.300. The Balaban J connectivity index is 1.73. The molecule has 0 heterocycles. The number of anilines is 1. The molecule has 144 valence electrons. The van der Waals surface area contributed by atoms with E-state index in [9.17, 15) is 9.59 Å². The molecule has 0 saturated carbocycles. The third-order valence-corrected chi connectivity index (χ3v) is 3.71. The highest BCUT2D eigenvalue weighted by atomic mass is 16.5. The summed E-state index contributed by atoms with van der Waals surface area (Å²) in [6.07, 6.45) is 0.906. The van der Waals surface area contributed by atoms with E-state index in [1.54, 1.807) is 25.3 Å². The second kappa shape index (κ2) is 10.1. The van der Waals surface area contributed by atoms with Gasteiger partial charge in [-0.25, -0.2) is 4.79 Å². The van der Waals surface area contributed by atoms with E-state index >= 15 is 0 Å². The normalized spacial score (nSPS) is 10.1. The summed E-state index contributed by atoms with van der Waals surface area (Å²) < 4.78 is 15.8. The third-order valence-electron chi connectivity index (χ3n) is 3.71. The summed E-state index contributed by atoms with van der Waals surface area (Å²) in [6, 6.07) is 12.3. The maximum absolute atomic E-state index is 12.1. The van der Waals surface area contributed by atoms with E-state index in [-0.39, 0.29) is 5.91 Å². The molecular weight excluding hydrogens is 350 g/mol. The van der Waals surface area contributed by atoms with Crippen molar-refractivity contribution in [3.63, 3.8) is 0 Å². The average Bonchev–Trinajstić information content (AvgIpc) is 2.66. The number of hydrogen-bond acceptors (Lipinski definition) is 5. The summed E-state index contributed by atoms with van der Waals surface area (Å²) in [5.74, 6) is 0.777. The van der Waals surface area contributed by atoms with E-state index < -0.39 is 12.6 Å². The number of rotatable bonds is 10. The highest BCUT2D eigenvalue weighted by molar-refractivity contribution is 5.91. The number of ether oxygens (including phenoxy) is 3. The van der Waals surface area contributed by atoms with Gasteiger partial charge in [0.25, 0.3) is 0 Å². The van der Waals surface area contributed by atoms with Gasteiger partial charge in [-0.3, -0.25) is 4.79 Å². The first-order valence-electron chi connectivity index (χ1n) is 8.50. The Hall–Kier alpha value is -3.22. The van der Waals surface area contributed by atoms with Crippen molar-refractivity contribution < 1.29 is 28.9 Å².